The number of amides is 1. The zero-order valence-electron chi connectivity index (χ0n) is 14.3. The maximum atomic E-state index is 12.2. The van der Waals surface area contributed by atoms with Crippen LogP contribution < -0.4 is 10.6 Å². The summed E-state index contributed by atoms with van der Waals surface area (Å²) < 4.78 is 0. The third-order valence-electron chi connectivity index (χ3n) is 4.13. The van der Waals surface area contributed by atoms with Crippen molar-refractivity contribution in [3.8, 4) is 0 Å². The molecule has 0 aliphatic carbocycles. The van der Waals surface area contributed by atoms with Crippen LogP contribution in [-0.4, -0.2) is 17.5 Å². The molecule has 118 valence electrons. The zero-order chi connectivity index (χ0) is 16.0. The first kappa shape index (κ1) is 17.7. The number of hydrogen-bond acceptors (Lipinski definition) is 2. The minimum Gasteiger partial charge on any atom is -0.350 e. The summed E-state index contributed by atoms with van der Waals surface area (Å²) in [5.74, 6) is 0.0545. The maximum absolute atomic E-state index is 12.2. The Morgan fingerprint density at radius 1 is 1.14 bits per heavy atom. The molecule has 2 atom stereocenters. The molecule has 3 heteroatoms. The molecule has 0 fully saturated rings. The van der Waals surface area contributed by atoms with Crippen LogP contribution >= 0.6 is 0 Å². The second-order valence-corrected chi connectivity index (χ2v) is 6.43. The third-order valence-corrected chi connectivity index (χ3v) is 4.13. The summed E-state index contributed by atoms with van der Waals surface area (Å²) in [6.45, 7) is 12.3. The summed E-state index contributed by atoms with van der Waals surface area (Å²) >= 11 is 0. The monoisotopic (exact) mass is 290 g/mol. The Labute approximate surface area is 129 Å². The van der Waals surface area contributed by atoms with E-state index in [2.05, 4.69) is 55.7 Å². The van der Waals surface area contributed by atoms with Crippen LogP contribution in [0.25, 0.3) is 0 Å². The number of rotatable bonds is 7. The zero-order valence-corrected chi connectivity index (χ0v) is 14.3. The molecule has 0 aliphatic heterocycles. The molecule has 0 aromatic heterocycles. The SMILES string of the molecule is CCc1ccc(C(C)NC(C)C(=O)NC(C)(C)CC)cc1. The lowest BCUT2D eigenvalue weighted by atomic mass is 10.0. The molecule has 2 unspecified atom stereocenters. The summed E-state index contributed by atoms with van der Waals surface area (Å²) in [6, 6.07) is 8.52. The van der Waals surface area contributed by atoms with E-state index in [9.17, 15) is 4.79 Å². The molecule has 2 N–H and O–H groups in total. The molecule has 0 saturated heterocycles. The van der Waals surface area contributed by atoms with Gasteiger partial charge in [0, 0.05) is 11.6 Å². The van der Waals surface area contributed by atoms with Crippen molar-refractivity contribution in [1.82, 2.24) is 10.6 Å². The lowest BCUT2D eigenvalue weighted by Gasteiger charge is -2.28. The molecule has 21 heavy (non-hydrogen) atoms. The van der Waals surface area contributed by atoms with Crippen LogP contribution in [0.5, 0.6) is 0 Å². The number of aryl methyl sites for hydroxylation is 1. The highest BCUT2D eigenvalue weighted by molar-refractivity contribution is 5.82. The summed E-state index contributed by atoms with van der Waals surface area (Å²) in [6.07, 6.45) is 1.96. The topological polar surface area (TPSA) is 41.1 Å². The van der Waals surface area contributed by atoms with Crippen LogP contribution in [0.2, 0.25) is 0 Å². The smallest absolute Gasteiger partial charge is 0.237 e. The van der Waals surface area contributed by atoms with Gasteiger partial charge in [-0.3, -0.25) is 10.1 Å². The standard InChI is InChI=1S/C18H30N2O/c1-7-15-9-11-16(12-10-15)13(3)19-14(4)17(21)20-18(5,6)8-2/h9-14,19H,7-8H2,1-6H3,(H,20,21). The van der Waals surface area contributed by atoms with Crippen LogP contribution in [0.4, 0.5) is 0 Å². The molecule has 0 bridgehead atoms. The Morgan fingerprint density at radius 3 is 2.19 bits per heavy atom. The first-order valence-electron chi connectivity index (χ1n) is 7.96. The highest BCUT2D eigenvalue weighted by Gasteiger charge is 2.22. The fraction of sp³-hybridized carbons (Fsp3) is 0.611. The molecule has 1 amide bonds. The molecular formula is C18H30N2O. The van der Waals surface area contributed by atoms with Gasteiger partial charge in [-0.2, -0.15) is 0 Å². The van der Waals surface area contributed by atoms with E-state index in [1.54, 1.807) is 0 Å². The van der Waals surface area contributed by atoms with E-state index in [1.165, 1.54) is 11.1 Å². The number of hydrogen-bond donors (Lipinski definition) is 2. The molecule has 0 saturated carbocycles. The van der Waals surface area contributed by atoms with Crippen LogP contribution in [-0.2, 0) is 11.2 Å². The minimum atomic E-state index is -0.211. The quantitative estimate of drug-likeness (QED) is 0.805. The van der Waals surface area contributed by atoms with Gasteiger partial charge in [0.15, 0.2) is 0 Å². The van der Waals surface area contributed by atoms with Crippen LogP contribution in [0.3, 0.4) is 0 Å². The van der Waals surface area contributed by atoms with Gasteiger partial charge in [0.2, 0.25) is 5.91 Å². The Hall–Kier alpha value is -1.35. The van der Waals surface area contributed by atoms with Gasteiger partial charge in [-0.05, 0) is 51.7 Å². The van der Waals surface area contributed by atoms with Crippen molar-refractivity contribution in [2.24, 2.45) is 0 Å². The molecular weight excluding hydrogens is 260 g/mol. The van der Waals surface area contributed by atoms with E-state index in [1.807, 2.05) is 20.8 Å². The normalized spacial score (nSPS) is 14.6. The lowest BCUT2D eigenvalue weighted by Crippen LogP contribution is -2.51. The third kappa shape index (κ3) is 5.50. The van der Waals surface area contributed by atoms with Crippen molar-refractivity contribution in [3.63, 3.8) is 0 Å². The van der Waals surface area contributed by atoms with E-state index < -0.39 is 0 Å². The number of carbonyl (C=O) groups excluding carboxylic acids is 1. The first-order valence-corrected chi connectivity index (χ1v) is 7.96. The lowest BCUT2D eigenvalue weighted by molar-refractivity contribution is -0.124. The van der Waals surface area contributed by atoms with Crippen LogP contribution in [0.15, 0.2) is 24.3 Å². The Balaban J connectivity index is 2.60. The average molecular weight is 290 g/mol. The summed E-state index contributed by atoms with van der Waals surface area (Å²) in [5.41, 5.74) is 2.39. The van der Waals surface area contributed by atoms with E-state index in [-0.39, 0.29) is 23.5 Å². The van der Waals surface area contributed by atoms with Crippen molar-refractivity contribution in [3.05, 3.63) is 35.4 Å². The van der Waals surface area contributed by atoms with Crippen LogP contribution in [0, 0.1) is 0 Å². The predicted octanol–water partition coefficient (Wildman–Crippen LogP) is 3.59. The molecule has 0 aliphatic rings. The van der Waals surface area contributed by atoms with E-state index in [0.29, 0.717) is 0 Å². The van der Waals surface area contributed by atoms with Crippen molar-refractivity contribution < 1.29 is 4.79 Å². The summed E-state index contributed by atoms with van der Waals surface area (Å²) in [7, 11) is 0. The van der Waals surface area contributed by atoms with E-state index >= 15 is 0 Å². The predicted molar refractivity (Wildman–Crippen MR) is 89.3 cm³/mol. The molecule has 0 radical (unpaired) electrons. The average Bonchev–Trinajstić information content (AvgIpc) is 2.46. The van der Waals surface area contributed by atoms with Crippen LogP contribution in [0.1, 0.15) is 65.1 Å². The highest BCUT2D eigenvalue weighted by Crippen LogP contribution is 2.15. The van der Waals surface area contributed by atoms with Gasteiger partial charge in [0.05, 0.1) is 6.04 Å². The second-order valence-electron chi connectivity index (χ2n) is 6.43. The fourth-order valence-corrected chi connectivity index (χ4v) is 2.12. The van der Waals surface area contributed by atoms with Gasteiger partial charge in [-0.25, -0.2) is 0 Å². The van der Waals surface area contributed by atoms with Crippen molar-refractivity contribution in [1.29, 1.82) is 0 Å². The largest absolute Gasteiger partial charge is 0.350 e. The van der Waals surface area contributed by atoms with Gasteiger partial charge >= 0.3 is 0 Å². The van der Waals surface area contributed by atoms with E-state index in [0.717, 1.165) is 12.8 Å². The van der Waals surface area contributed by atoms with E-state index in [4.69, 9.17) is 0 Å². The summed E-state index contributed by atoms with van der Waals surface area (Å²) in [4.78, 5) is 12.2. The van der Waals surface area contributed by atoms with Crippen molar-refractivity contribution in [2.45, 2.75) is 72.0 Å². The Kier molecular flexibility index (Phi) is 6.41. The van der Waals surface area contributed by atoms with Gasteiger partial charge in [-0.15, -0.1) is 0 Å². The molecule has 0 heterocycles. The molecule has 3 nitrogen and oxygen atoms in total. The van der Waals surface area contributed by atoms with Gasteiger partial charge in [0.25, 0.3) is 0 Å². The highest BCUT2D eigenvalue weighted by atomic mass is 16.2. The Morgan fingerprint density at radius 2 is 1.71 bits per heavy atom. The number of carbonyl (C=O) groups is 1. The summed E-state index contributed by atoms with van der Waals surface area (Å²) in [5, 5.41) is 6.45. The number of nitrogens with one attached hydrogen (secondary N) is 2. The molecule has 1 rings (SSSR count). The molecule has 1 aromatic rings. The maximum Gasteiger partial charge on any atom is 0.237 e. The first-order chi connectivity index (χ1) is 9.79. The Bertz CT molecular complexity index is 451. The van der Waals surface area contributed by atoms with Gasteiger partial charge in [-0.1, -0.05) is 38.1 Å². The van der Waals surface area contributed by atoms with Crippen molar-refractivity contribution in [2.75, 3.05) is 0 Å². The number of benzene rings is 1. The van der Waals surface area contributed by atoms with Gasteiger partial charge < -0.3 is 5.32 Å². The second kappa shape index (κ2) is 7.60. The van der Waals surface area contributed by atoms with Crippen molar-refractivity contribution >= 4 is 5.91 Å². The molecule has 1 aromatic carbocycles. The fourth-order valence-electron chi connectivity index (χ4n) is 2.12. The molecule has 0 spiro atoms. The minimum absolute atomic E-state index is 0.0545. The van der Waals surface area contributed by atoms with Gasteiger partial charge in [0.1, 0.15) is 0 Å².